The normalized spacial score (nSPS) is 20.0. The average Bonchev–Trinajstić information content (AvgIpc) is 2.47. The van der Waals surface area contributed by atoms with Gasteiger partial charge in [0.2, 0.25) is 0 Å². The molecule has 2 heterocycles. The molecule has 0 atom stereocenters. The summed E-state index contributed by atoms with van der Waals surface area (Å²) in [5.41, 5.74) is 0.770. The van der Waals surface area contributed by atoms with Crippen molar-refractivity contribution in [2.75, 3.05) is 6.54 Å². The molecule has 0 aromatic heterocycles. The molecule has 0 unspecified atom stereocenters. The highest BCUT2D eigenvalue weighted by molar-refractivity contribution is 9.11. The molecular weight excluding hydrogens is 271 g/mol. The number of fused-ring (bicyclic) bond motifs is 1. The number of amides is 1. The second-order valence-corrected chi connectivity index (χ2v) is 4.10. The molecule has 2 rings (SSSR count). The largest absolute Gasteiger partial charge is 0.464 e. The molecule has 0 fully saturated rings. The molecule has 0 saturated carbocycles. The van der Waals surface area contributed by atoms with Crippen LogP contribution in [0.5, 0.6) is 0 Å². The summed E-state index contributed by atoms with van der Waals surface area (Å²) >= 11 is 9.21. The first-order chi connectivity index (χ1) is 6.59. The smallest absolute Gasteiger partial charge is 0.426 e. The second kappa shape index (κ2) is 3.33. The quantitative estimate of drug-likeness (QED) is 0.692. The van der Waals surface area contributed by atoms with E-state index >= 15 is 0 Å². The zero-order valence-corrected chi connectivity index (χ0v) is 9.29. The predicted octanol–water partition coefficient (Wildman–Crippen LogP) is 2.45. The Hall–Kier alpha value is -0.940. The van der Waals surface area contributed by atoms with Crippen molar-refractivity contribution in [1.82, 2.24) is 10.0 Å². The number of carboxylic acid groups (broad SMARTS) is 1. The molecule has 0 saturated heterocycles. The minimum Gasteiger partial charge on any atom is -0.464 e. The molecule has 2 aliphatic heterocycles. The molecule has 0 aliphatic carbocycles. The van der Waals surface area contributed by atoms with E-state index in [9.17, 15) is 4.79 Å². The summed E-state index contributed by atoms with van der Waals surface area (Å²) in [4.78, 5) is 10.8. The maximum absolute atomic E-state index is 10.8. The van der Waals surface area contributed by atoms with E-state index in [2.05, 4.69) is 15.9 Å². The number of halogens is 2. The van der Waals surface area contributed by atoms with Crippen molar-refractivity contribution < 1.29 is 9.90 Å². The van der Waals surface area contributed by atoms with E-state index < -0.39 is 6.09 Å². The molecule has 14 heavy (non-hydrogen) atoms. The van der Waals surface area contributed by atoms with Crippen LogP contribution in [0.4, 0.5) is 4.79 Å². The van der Waals surface area contributed by atoms with E-state index in [1.165, 1.54) is 5.01 Å². The van der Waals surface area contributed by atoms with Gasteiger partial charge in [-0.05, 0) is 18.2 Å². The summed E-state index contributed by atoms with van der Waals surface area (Å²) in [5.74, 6) is 0. The van der Waals surface area contributed by atoms with Crippen LogP contribution in [0.2, 0.25) is 0 Å². The Bertz CT molecular complexity index is 389. The first-order valence-corrected chi connectivity index (χ1v) is 5.02. The first-order valence-electron chi connectivity index (χ1n) is 3.84. The van der Waals surface area contributed by atoms with Gasteiger partial charge in [0.1, 0.15) is 5.16 Å². The first kappa shape index (κ1) is 9.61. The van der Waals surface area contributed by atoms with Crippen LogP contribution in [0.25, 0.3) is 0 Å². The van der Waals surface area contributed by atoms with Crippen molar-refractivity contribution in [3.8, 4) is 0 Å². The van der Waals surface area contributed by atoms with Crippen molar-refractivity contribution >= 4 is 33.6 Å². The van der Waals surface area contributed by atoms with E-state index in [4.69, 9.17) is 16.7 Å². The van der Waals surface area contributed by atoms with Crippen LogP contribution in [0.3, 0.4) is 0 Å². The Morgan fingerprint density at radius 2 is 2.29 bits per heavy atom. The van der Waals surface area contributed by atoms with Gasteiger partial charge in [-0.3, -0.25) is 0 Å². The van der Waals surface area contributed by atoms with Crippen molar-refractivity contribution in [3.05, 3.63) is 33.6 Å². The van der Waals surface area contributed by atoms with Crippen LogP contribution in [-0.4, -0.2) is 27.8 Å². The van der Waals surface area contributed by atoms with Gasteiger partial charge in [0.15, 0.2) is 0 Å². The Morgan fingerprint density at radius 3 is 2.93 bits per heavy atom. The van der Waals surface area contributed by atoms with E-state index in [1.54, 1.807) is 12.2 Å². The fourth-order valence-electron chi connectivity index (χ4n) is 1.37. The number of hydrazine groups is 1. The summed E-state index contributed by atoms with van der Waals surface area (Å²) in [6.45, 7) is 0.325. The van der Waals surface area contributed by atoms with Crippen LogP contribution < -0.4 is 0 Å². The third-order valence-corrected chi connectivity index (χ3v) is 2.65. The minimum atomic E-state index is -1.02. The molecule has 0 spiro atoms. The highest BCUT2D eigenvalue weighted by Crippen LogP contribution is 2.33. The molecule has 1 N–H and O–H groups in total. The Labute approximate surface area is 93.8 Å². The molecule has 0 bridgehead atoms. The van der Waals surface area contributed by atoms with E-state index in [1.807, 2.05) is 6.08 Å². The summed E-state index contributed by atoms with van der Waals surface area (Å²) < 4.78 is 0.831. The van der Waals surface area contributed by atoms with Gasteiger partial charge >= 0.3 is 6.09 Å². The Balaban J connectivity index is 2.35. The molecule has 0 radical (unpaired) electrons. The van der Waals surface area contributed by atoms with Crippen molar-refractivity contribution in [2.45, 2.75) is 0 Å². The summed E-state index contributed by atoms with van der Waals surface area (Å²) in [6, 6.07) is 0. The number of hydrogen-bond donors (Lipinski definition) is 1. The van der Waals surface area contributed by atoms with E-state index in [-0.39, 0.29) is 0 Å². The maximum Gasteiger partial charge on any atom is 0.426 e. The third kappa shape index (κ3) is 1.42. The predicted molar refractivity (Wildman–Crippen MR) is 55.6 cm³/mol. The monoisotopic (exact) mass is 276 g/mol. The Morgan fingerprint density at radius 1 is 1.57 bits per heavy atom. The summed E-state index contributed by atoms with van der Waals surface area (Å²) in [6.07, 6.45) is 4.24. The number of nitrogens with zero attached hydrogens (tertiary/aromatic N) is 2. The molecule has 74 valence electrons. The summed E-state index contributed by atoms with van der Waals surface area (Å²) in [7, 11) is 0. The average molecular weight is 278 g/mol. The molecule has 0 aromatic rings. The number of hydrogen-bond acceptors (Lipinski definition) is 2. The number of allylic oxidation sites excluding steroid dienone is 3. The molecule has 4 nitrogen and oxygen atoms in total. The zero-order chi connectivity index (χ0) is 10.3. The fraction of sp³-hybridized carbons (Fsp3) is 0.125. The summed E-state index contributed by atoms with van der Waals surface area (Å²) in [5, 5.41) is 11.8. The minimum absolute atomic E-state index is 0.325. The van der Waals surface area contributed by atoms with Gasteiger partial charge in [0.05, 0.1) is 12.2 Å². The molecular formula is C8H6BrClN2O2. The van der Waals surface area contributed by atoms with Crippen molar-refractivity contribution in [2.24, 2.45) is 0 Å². The zero-order valence-electron chi connectivity index (χ0n) is 6.94. The van der Waals surface area contributed by atoms with E-state index in [0.29, 0.717) is 11.7 Å². The second-order valence-electron chi connectivity index (χ2n) is 2.80. The van der Waals surface area contributed by atoms with Crippen LogP contribution in [-0.2, 0) is 0 Å². The van der Waals surface area contributed by atoms with Crippen LogP contribution >= 0.6 is 27.5 Å². The molecule has 6 heteroatoms. The number of carbonyl (C=O) groups is 1. The van der Waals surface area contributed by atoms with Gasteiger partial charge in [-0.1, -0.05) is 27.5 Å². The highest BCUT2D eigenvalue weighted by Gasteiger charge is 2.30. The van der Waals surface area contributed by atoms with Crippen LogP contribution in [0, 0.1) is 0 Å². The van der Waals surface area contributed by atoms with E-state index in [0.717, 1.165) is 15.2 Å². The molecule has 2 aliphatic rings. The van der Waals surface area contributed by atoms with Gasteiger partial charge in [-0.2, -0.15) is 0 Å². The van der Waals surface area contributed by atoms with Gasteiger partial charge in [-0.25, -0.2) is 14.8 Å². The van der Waals surface area contributed by atoms with Gasteiger partial charge < -0.3 is 5.11 Å². The lowest BCUT2D eigenvalue weighted by Crippen LogP contribution is -2.39. The molecule has 0 aromatic carbocycles. The van der Waals surface area contributed by atoms with Crippen molar-refractivity contribution in [3.63, 3.8) is 0 Å². The maximum atomic E-state index is 10.8. The van der Waals surface area contributed by atoms with Crippen LogP contribution in [0.15, 0.2) is 33.6 Å². The van der Waals surface area contributed by atoms with Gasteiger partial charge in [0, 0.05) is 4.48 Å². The van der Waals surface area contributed by atoms with Gasteiger partial charge in [-0.15, -0.1) is 0 Å². The lowest BCUT2D eigenvalue weighted by atomic mass is 10.3. The van der Waals surface area contributed by atoms with Crippen molar-refractivity contribution in [1.29, 1.82) is 0 Å². The molecule has 1 amide bonds. The third-order valence-electron chi connectivity index (χ3n) is 1.93. The lowest BCUT2D eigenvalue weighted by molar-refractivity contribution is 0.0732. The topological polar surface area (TPSA) is 43.8 Å². The lowest BCUT2D eigenvalue weighted by Gasteiger charge is -2.30. The highest BCUT2D eigenvalue weighted by atomic mass is 79.9. The number of rotatable bonds is 0. The standard InChI is InChI=1S/C8H6BrClN2O2/c9-5-3-6-1-2-11(8(13)14)12(6)7(10)4-5/h1,3-4H,2H2,(H,13,14). The van der Waals surface area contributed by atoms with Crippen LogP contribution in [0.1, 0.15) is 0 Å². The fourth-order valence-corrected chi connectivity index (χ4v) is 2.26. The van der Waals surface area contributed by atoms with Gasteiger partial charge in [0.25, 0.3) is 0 Å². The SMILES string of the molecule is O=C(O)N1CC=C2C=C(Br)C=C(Cl)N21. The Kier molecular flexibility index (Phi) is 2.28.